The van der Waals surface area contributed by atoms with Crippen molar-refractivity contribution >= 4 is 27.5 Å². The third kappa shape index (κ3) is 1.25. The molecule has 0 radical (unpaired) electrons. The Hall–Kier alpha value is -2.40. The number of hydrogen-bond donors (Lipinski definition) is 4. The maximum atomic E-state index is 9.72. The molecule has 0 unspecified atom stereocenters. The smallest absolute Gasteiger partial charge is 0.171 e. The normalized spacial score (nSPS) is 11.2. The van der Waals surface area contributed by atoms with Crippen LogP contribution in [-0.4, -0.2) is 10.1 Å². The Morgan fingerprint density at radius 1 is 1.11 bits per heavy atom. The van der Waals surface area contributed by atoms with Crippen molar-refractivity contribution in [1.82, 2.24) is 4.98 Å². The number of phenols is 1. The molecule has 0 aliphatic carbocycles. The Bertz CT molecular complexity index is 762. The molecule has 5 nitrogen and oxygen atoms in total. The van der Waals surface area contributed by atoms with Crippen LogP contribution in [0.4, 0.5) is 5.69 Å². The van der Waals surface area contributed by atoms with Crippen LogP contribution in [0.5, 0.6) is 11.5 Å². The molecule has 18 heavy (non-hydrogen) atoms. The first kappa shape index (κ1) is 10.7. The second-order valence-corrected chi connectivity index (χ2v) is 4.28. The quantitative estimate of drug-likeness (QED) is 0.389. The lowest BCUT2D eigenvalue weighted by atomic mass is 10.1. The van der Waals surface area contributed by atoms with Gasteiger partial charge in [0, 0.05) is 16.3 Å². The monoisotopic (exact) mass is 243 g/mol. The number of nitrogens with two attached hydrogens (primary N) is 2. The lowest BCUT2D eigenvalue weighted by molar-refractivity contribution is 0.337. The van der Waals surface area contributed by atoms with Gasteiger partial charge < -0.3 is 20.7 Å². The summed E-state index contributed by atoms with van der Waals surface area (Å²) in [5, 5.41) is 11.7. The van der Waals surface area contributed by atoms with Crippen molar-refractivity contribution in [3.8, 4) is 11.5 Å². The Labute approximate surface area is 103 Å². The molecule has 0 aliphatic rings. The number of benzene rings is 2. The zero-order valence-electron chi connectivity index (χ0n) is 9.82. The molecule has 0 bridgehead atoms. The summed E-state index contributed by atoms with van der Waals surface area (Å²) >= 11 is 0. The minimum Gasteiger partial charge on any atom is -0.508 e. The number of fused-ring (bicyclic) bond motifs is 3. The summed E-state index contributed by atoms with van der Waals surface area (Å²) < 4.78 is 0. The Balaban J connectivity index is 2.50. The van der Waals surface area contributed by atoms with Crippen molar-refractivity contribution in [1.29, 1.82) is 0 Å². The molecule has 1 heterocycles. The van der Waals surface area contributed by atoms with E-state index in [-0.39, 0.29) is 5.75 Å². The summed E-state index contributed by atoms with van der Waals surface area (Å²) in [5.74, 6) is 5.84. The number of anilines is 1. The summed E-state index contributed by atoms with van der Waals surface area (Å²) in [6, 6.07) is 7.16. The molecule has 0 saturated carbocycles. The molecule has 0 atom stereocenters. The second kappa shape index (κ2) is 3.54. The highest BCUT2D eigenvalue weighted by Gasteiger charge is 2.13. The van der Waals surface area contributed by atoms with E-state index in [2.05, 4.69) is 4.98 Å². The zero-order valence-corrected chi connectivity index (χ0v) is 9.82. The lowest BCUT2D eigenvalue weighted by Gasteiger charge is -2.03. The van der Waals surface area contributed by atoms with Crippen LogP contribution in [0.2, 0.25) is 0 Å². The number of H-pyrrole nitrogens is 1. The topological polar surface area (TPSA) is 97.3 Å². The molecule has 5 heteroatoms. The van der Waals surface area contributed by atoms with Gasteiger partial charge in [0.2, 0.25) is 0 Å². The molecule has 0 aliphatic heterocycles. The van der Waals surface area contributed by atoms with Crippen LogP contribution in [0, 0.1) is 6.92 Å². The third-order valence-electron chi connectivity index (χ3n) is 3.31. The second-order valence-electron chi connectivity index (χ2n) is 4.28. The molecule has 6 N–H and O–H groups in total. The molecule has 0 spiro atoms. The number of phenolic OH excluding ortho intramolecular Hbond substituents is 1. The fourth-order valence-electron chi connectivity index (χ4n) is 2.27. The summed E-state index contributed by atoms with van der Waals surface area (Å²) in [4.78, 5) is 7.92. The van der Waals surface area contributed by atoms with E-state index in [0.717, 1.165) is 27.4 Å². The van der Waals surface area contributed by atoms with E-state index in [1.807, 2.05) is 19.1 Å². The highest BCUT2D eigenvalue weighted by Crippen LogP contribution is 2.37. The maximum absolute atomic E-state index is 9.72. The van der Waals surface area contributed by atoms with Crippen LogP contribution in [0.15, 0.2) is 24.3 Å². The summed E-state index contributed by atoms with van der Waals surface area (Å²) in [5.41, 5.74) is 8.87. The summed E-state index contributed by atoms with van der Waals surface area (Å²) in [6.07, 6.45) is 0. The van der Waals surface area contributed by atoms with Gasteiger partial charge in [0.25, 0.3) is 0 Å². The summed E-state index contributed by atoms with van der Waals surface area (Å²) in [6.45, 7) is 1.85. The van der Waals surface area contributed by atoms with Crippen LogP contribution in [0.25, 0.3) is 21.8 Å². The molecule has 0 fully saturated rings. The average Bonchev–Trinajstić information content (AvgIpc) is 2.75. The highest BCUT2D eigenvalue weighted by atomic mass is 16.6. The van der Waals surface area contributed by atoms with E-state index in [4.69, 9.17) is 16.5 Å². The number of rotatable bonds is 1. The number of nitrogen functional groups attached to an aromatic ring is 1. The number of nitrogens with one attached hydrogen (secondary N) is 1. The molecule has 0 saturated heterocycles. The molecule has 3 rings (SSSR count). The first-order chi connectivity index (χ1) is 8.63. The van der Waals surface area contributed by atoms with E-state index < -0.39 is 0 Å². The highest BCUT2D eigenvalue weighted by molar-refractivity contribution is 6.12. The number of hydrogen-bond acceptors (Lipinski definition) is 4. The minimum absolute atomic E-state index is 0.253. The van der Waals surface area contributed by atoms with Gasteiger partial charge in [-0.15, -0.1) is 0 Å². The predicted octanol–water partition coefficient (Wildman–Crippen LogP) is 2.17. The SMILES string of the molecule is Cc1c(O)ccc2c1[nH]c1c(N)c(ON)ccc12. The third-order valence-corrected chi connectivity index (χ3v) is 3.31. The number of aromatic hydroxyl groups is 1. The van der Waals surface area contributed by atoms with Crippen molar-refractivity contribution in [3.05, 3.63) is 29.8 Å². The molecule has 3 aromatic rings. The average molecular weight is 243 g/mol. The van der Waals surface area contributed by atoms with E-state index in [1.54, 1.807) is 12.1 Å². The van der Waals surface area contributed by atoms with E-state index in [0.29, 0.717) is 11.4 Å². The minimum atomic E-state index is 0.253. The van der Waals surface area contributed by atoms with Gasteiger partial charge in [0.05, 0.1) is 11.0 Å². The van der Waals surface area contributed by atoms with Crippen LogP contribution >= 0.6 is 0 Å². The first-order valence-corrected chi connectivity index (χ1v) is 5.52. The fourth-order valence-corrected chi connectivity index (χ4v) is 2.27. The van der Waals surface area contributed by atoms with Crippen molar-refractivity contribution in [2.75, 3.05) is 5.73 Å². The van der Waals surface area contributed by atoms with Gasteiger partial charge >= 0.3 is 0 Å². The molecular weight excluding hydrogens is 230 g/mol. The van der Waals surface area contributed by atoms with E-state index in [9.17, 15) is 5.11 Å². The van der Waals surface area contributed by atoms with E-state index >= 15 is 0 Å². The lowest BCUT2D eigenvalue weighted by Crippen LogP contribution is -2.04. The Morgan fingerprint density at radius 3 is 2.50 bits per heavy atom. The standard InChI is InChI=1S/C13H13N3O2/c1-6-9(17)4-2-7-8-3-5-10(18-15)11(14)13(8)16-12(6)7/h2-5,16-17H,14-15H2,1H3. The van der Waals surface area contributed by atoms with Crippen molar-refractivity contribution in [2.24, 2.45) is 5.90 Å². The van der Waals surface area contributed by atoms with Gasteiger partial charge in [-0.1, -0.05) is 0 Å². The van der Waals surface area contributed by atoms with Crippen molar-refractivity contribution in [3.63, 3.8) is 0 Å². The van der Waals surface area contributed by atoms with Gasteiger partial charge in [-0.05, 0) is 31.2 Å². The largest absolute Gasteiger partial charge is 0.508 e. The van der Waals surface area contributed by atoms with E-state index in [1.165, 1.54) is 0 Å². The molecular formula is C13H13N3O2. The fraction of sp³-hybridized carbons (Fsp3) is 0.0769. The predicted molar refractivity (Wildman–Crippen MR) is 71.4 cm³/mol. The molecule has 1 aromatic heterocycles. The zero-order chi connectivity index (χ0) is 12.9. The summed E-state index contributed by atoms with van der Waals surface area (Å²) in [7, 11) is 0. The van der Waals surface area contributed by atoms with Gasteiger partial charge in [0.1, 0.15) is 11.4 Å². The number of aromatic amines is 1. The Kier molecular flexibility index (Phi) is 2.11. The van der Waals surface area contributed by atoms with Gasteiger partial charge in [-0.3, -0.25) is 0 Å². The molecule has 92 valence electrons. The van der Waals surface area contributed by atoms with Crippen LogP contribution < -0.4 is 16.5 Å². The first-order valence-electron chi connectivity index (χ1n) is 5.52. The maximum Gasteiger partial charge on any atom is 0.171 e. The van der Waals surface area contributed by atoms with Crippen molar-refractivity contribution < 1.29 is 9.94 Å². The van der Waals surface area contributed by atoms with Gasteiger partial charge in [0.15, 0.2) is 5.75 Å². The Morgan fingerprint density at radius 2 is 1.78 bits per heavy atom. The number of aromatic nitrogens is 1. The van der Waals surface area contributed by atoms with Crippen LogP contribution in [-0.2, 0) is 0 Å². The van der Waals surface area contributed by atoms with Gasteiger partial charge in [-0.2, -0.15) is 5.90 Å². The van der Waals surface area contributed by atoms with Crippen molar-refractivity contribution in [2.45, 2.75) is 6.92 Å². The van der Waals surface area contributed by atoms with Crippen LogP contribution in [0.3, 0.4) is 0 Å². The van der Waals surface area contributed by atoms with Crippen LogP contribution in [0.1, 0.15) is 5.56 Å². The number of aryl methyl sites for hydroxylation is 1. The van der Waals surface area contributed by atoms with Gasteiger partial charge in [-0.25, -0.2) is 0 Å². The molecule has 0 amide bonds. The molecule has 2 aromatic carbocycles.